The van der Waals surface area contributed by atoms with E-state index in [4.69, 9.17) is 4.42 Å². The van der Waals surface area contributed by atoms with Crippen LogP contribution >= 0.6 is 0 Å². The Morgan fingerprint density at radius 1 is 1.36 bits per heavy atom. The van der Waals surface area contributed by atoms with E-state index in [9.17, 15) is 9.90 Å². The number of furan rings is 1. The topological polar surface area (TPSA) is 71.5 Å². The first-order valence-electron chi connectivity index (χ1n) is 9.14. The second-order valence-corrected chi connectivity index (χ2v) is 7.02. The zero-order chi connectivity index (χ0) is 17.8. The van der Waals surface area contributed by atoms with E-state index in [2.05, 4.69) is 5.10 Å². The number of aliphatic hydroxyl groups excluding tert-OH is 1. The zero-order valence-corrected chi connectivity index (χ0v) is 15.0. The van der Waals surface area contributed by atoms with Gasteiger partial charge in [-0.05, 0) is 44.9 Å². The van der Waals surface area contributed by atoms with Crippen molar-refractivity contribution >= 4 is 5.91 Å². The summed E-state index contributed by atoms with van der Waals surface area (Å²) in [6.45, 7) is 4.76. The molecule has 2 unspecified atom stereocenters. The van der Waals surface area contributed by atoms with Crippen LogP contribution in [0.15, 0.2) is 35.1 Å². The Labute approximate surface area is 148 Å². The third-order valence-corrected chi connectivity index (χ3v) is 4.88. The van der Waals surface area contributed by atoms with E-state index in [1.165, 1.54) is 0 Å². The molecule has 1 aliphatic rings. The maximum absolute atomic E-state index is 13.2. The smallest absolute Gasteiger partial charge is 0.272 e. The van der Waals surface area contributed by atoms with Gasteiger partial charge in [0.05, 0.1) is 6.26 Å². The summed E-state index contributed by atoms with van der Waals surface area (Å²) in [4.78, 5) is 15.1. The van der Waals surface area contributed by atoms with Gasteiger partial charge in [0.15, 0.2) is 0 Å². The van der Waals surface area contributed by atoms with Crippen LogP contribution in [0.1, 0.15) is 74.3 Å². The first kappa shape index (κ1) is 17.7. The Morgan fingerprint density at radius 3 is 2.92 bits per heavy atom. The molecule has 0 bridgehead atoms. The highest BCUT2D eigenvalue weighted by Crippen LogP contribution is 2.28. The number of hydrogen-bond donors (Lipinski definition) is 1. The van der Waals surface area contributed by atoms with Crippen molar-refractivity contribution in [3.63, 3.8) is 0 Å². The van der Waals surface area contributed by atoms with Crippen LogP contribution in [-0.2, 0) is 0 Å². The van der Waals surface area contributed by atoms with Crippen LogP contribution < -0.4 is 0 Å². The van der Waals surface area contributed by atoms with E-state index < -0.39 is 6.10 Å². The summed E-state index contributed by atoms with van der Waals surface area (Å²) in [5, 5.41) is 14.8. The Hall–Kier alpha value is -2.08. The molecule has 2 aromatic rings. The quantitative estimate of drug-likeness (QED) is 0.899. The predicted molar refractivity (Wildman–Crippen MR) is 94.2 cm³/mol. The van der Waals surface area contributed by atoms with Gasteiger partial charge in [-0.1, -0.05) is 12.8 Å². The molecule has 0 aromatic carbocycles. The number of aliphatic hydroxyl groups is 1. The van der Waals surface area contributed by atoms with Crippen molar-refractivity contribution in [1.82, 2.24) is 14.7 Å². The Balaban J connectivity index is 1.80. The number of hydrogen-bond acceptors (Lipinski definition) is 4. The number of carbonyl (C=O) groups is 1. The van der Waals surface area contributed by atoms with Crippen LogP contribution in [0.25, 0.3) is 0 Å². The average Bonchev–Trinajstić information content (AvgIpc) is 3.24. The van der Waals surface area contributed by atoms with Crippen LogP contribution in [0.5, 0.6) is 0 Å². The zero-order valence-electron chi connectivity index (χ0n) is 15.0. The van der Waals surface area contributed by atoms with Crippen molar-refractivity contribution in [2.24, 2.45) is 0 Å². The fourth-order valence-electron chi connectivity index (χ4n) is 3.59. The Morgan fingerprint density at radius 2 is 2.20 bits per heavy atom. The molecule has 1 N–H and O–H groups in total. The van der Waals surface area contributed by atoms with Crippen LogP contribution in [0, 0.1) is 0 Å². The highest BCUT2D eigenvalue weighted by Gasteiger charge is 2.30. The molecule has 2 aromatic heterocycles. The molecule has 0 spiro atoms. The van der Waals surface area contributed by atoms with Gasteiger partial charge in [-0.25, -0.2) is 0 Å². The molecule has 1 saturated heterocycles. The van der Waals surface area contributed by atoms with E-state index in [1.807, 2.05) is 18.7 Å². The summed E-state index contributed by atoms with van der Waals surface area (Å²) >= 11 is 0. The fraction of sp³-hybridized carbons (Fsp3) is 0.579. The van der Waals surface area contributed by atoms with E-state index in [-0.39, 0.29) is 18.0 Å². The molecule has 1 aliphatic heterocycles. The molecule has 2 atom stereocenters. The summed E-state index contributed by atoms with van der Waals surface area (Å²) in [6.07, 6.45) is 7.13. The monoisotopic (exact) mass is 345 g/mol. The minimum atomic E-state index is -0.691. The number of likely N-dealkylation sites (tertiary alicyclic amines) is 1. The lowest BCUT2D eigenvalue weighted by atomic mass is 10.0. The molecular weight excluding hydrogens is 318 g/mol. The van der Waals surface area contributed by atoms with E-state index in [0.29, 0.717) is 17.9 Å². The molecule has 0 aliphatic carbocycles. The van der Waals surface area contributed by atoms with Gasteiger partial charge in [-0.15, -0.1) is 0 Å². The highest BCUT2D eigenvalue weighted by molar-refractivity contribution is 5.92. The number of carbonyl (C=O) groups excluding carboxylic acids is 1. The minimum Gasteiger partial charge on any atom is -0.467 e. The van der Waals surface area contributed by atoms with Gasteiger partial charge < -0.3 is 14.4 Å². The maximum atomic E-state index is 13.2. The lowest BCUT2D eigenvalue weighted by molar-refractivity contribution is 0.0544. The summed E-state index contributed by atoms with van der Waals surface area (Å²) in [6, 6.07) is 5.48. The fourth-order valence-corrected chi connectivity index (χ4v) is 3.59. The summed E-state index contributed by atoms with van der Waals surface area (Å²) in [7, 11) is 0. The van der Waals surface area contributed by atoms with Crippen molar-refractivity contribution in [1.29, 1.82) is 0 Å². The molecule has 6 nitrogen and oxygen atoms in total. The van der Waals surface area contributed by atoms with Crippen LogP contribution in [0.3, 0.4) is 0 Å². The van der Waals surface area contributed by atoms with Gasteiger partial charge in [-0.3, -0.25) is 9.48 Å². The molecule has 0 saturated carbocycles. The van der Waals surface area contributed by atoms with E-state index in [0.717, 1.165) is 32.2 Å². The maximum Gasteiger partial charge on any atom is 0.272 e. The molecular formula is C19H27N3O3. The molecule has 25 heavy (non-hydrogen) atoms. The summed E-state index contributed by atoms with van der Waals surface area (Å²) < 4.78 is 7.09. The number of amides is 1. The van der Waals surface area contributed by atoms with Crippen molar-refractivity contribution in [2.45, 2.75) is 64.1 Å². The first-order valence-corrected chi connectivity index (χ1v) is 9.14. The van der Waals surface area contributed by atoms with E-state index in [1.54, 1.807) is 35.3 Å². The second-order valence-electron chi connectivity index (χ2n) is 7.02. The SMILES string of the molecule is CC(C)n1nccc1C(=O)N1CCCCCC1CC(O)c1ccco1. The van der Waals surface area contributed by atoms with Crippen LogP contribution in [0.2, 0.25) is 0 Å². The normalized spacial score (nSPS) is 19.8. The standard InChI is InChI=1S/C19H27N3O3/c1-14(2)22-16(9-10-20-22)19(24)21-11-5-3-4-7-15(21)13-17(23)18-8-6-12-25-18/h6,8-10,12,14-15,17,23H,3-5,7,11,13H2,1-2H3. The molecule has 0 radical (unpaired) electrons. The Bertz CT molecular complexity index is 678. The number of aromatic nitrogens is 2. The summed E-state index contributed by atoms with van der Waals surface area (Å²) in [5.74, 6) is 0.564. The Kier molecular flexibility index (Phi) is 5.58. The van der Waals surface area contributed by atoms with Crippen LogP contribution in [0.4, 0.5) is 0 Å². The minimum absolute atomic E-state index is 0.00439. The number of nitrogens with zero attached hydrogens (tertiary/aromatic N) is 3. The molecule has 3 rings (SSSR count). The molecule has 6 heteroatoms. The first-order chi connectivity index (χ1) is 12.1. The average molecular weight is 345 g/mol. The van der Waals surface area contributed by atoms with Crippen molar-refractivity contribution in [2.75, 3.05) is 6.54 Å². The second kappa shape index (κ2) is 7.87. The van der Waals surface area contributed by atoms with Gasteiger partial charge >= 0.3 is 0 Å². The highest BCUT2D eigenvalue weighted by atomic mass is 16.4. The molecule has 1 fully saturated rings. The van der Waals surface area contributed by atoms with Gasteiger partial charge in [0.2, 0.25) is 0 Å². The largest absolute Gasteiger partial charge is 0.467 e. The van der Waals surface area contributed by atoms with Crippen LogP contribution in [-0.4, -0.2) is 38.3 Å². The lowest BCUT2D eigenvalue weighted by Crippen LogP contribution is -2.41. The molecule has 3 heterocycles. The lowest BCUT2D eigenvalue weighted by Gasteiger charge is -2.31. The van der Waals surface area contributed by atoms with Crippen molar-refractivity contribution in [3.05, 3.63) is 42.1 Å². The van der Waals surface area contributed by atoms with Gasteiger partial charge in [0, 0.05) is 31.2 Å². The molecule has 1 amide bonds. The molecule has 136 valence electrons. The predicted octanol–water partition coefficient (Wildman–Crippen LogP) is 3.57. The third-order valence-electron chi connectivity index (χ3n) is 4.88. The van der Waals surface area contributed by atoms with Crippen molar-refractivity contribution < 1.29 is 14.3 Å². The summed E-state index contributed by atoms with van der Waals surface area (Å²) in [5.41, 5.74) is 0.620. The van der Waals surface area contributed by atoms with Gasteiger partial charge in [0.25, 0.3) is 5.91 Å². The van der Waals surface area contributed by atoms with Crippen molar-refractivity contribution in [3.8, 4) is 0 Å². The van der Waals surface area contributed by atoms with Gasteiger partial charge in [-0.2, -0.15) is 5.10 Å². The van der Waals surface area contributed by atoms with E-state index >= 15 is 0 Å². The third kappa shape index (κ3) is 3.95. The number of rotatable bonds is 5. The van der Waals surface area contributed by atoms with Gasteiger partial charge in [0.1, 0.15) is 17.6 Å².